The van der Waals surface area contributed by atoms with Gasteiger partial charge in [-0.3, -0.25) is 15.0 Å². The van der Waals surface area contributed by atoms with Crippen molar-refractivity contribution >= 4 is 29.5 Å². The number of benzene rings is 2. The Bertz CT molecular complexity index is 897. The zero-order valence-electron chi connectivity index (χ0n) is 15.8. The fraction of sp³-hybridized carbons (Fsp3) is 0.350. The van der Waals surface area contributed by atoms with E-state index in [1.807, 2.05) is 18.2 Å². The molecule has 8 heteroatoms. The van der Waals surface area contributed by atoms with Crippen molar-refractivity contribution in [1.82, 2.24) is 4.90 Å². The van der Waals surface area contributed by atoms with Gasteiger partial charge in [0.25, 0.3) is 5.69 Å². The lowest BCUT2D eigenvalue weighted by Crippen LogP contribution is -2.31. The molecule has 3 rings (SSSR count). The molecule has 0 bridgehead atoms. The van der Waals surface area contributed by atoms with E-state index in [4.69, 9.17) is 11.0 Å². The summed E-state index contributed by atoms with van der Waals surface area (Å²) < 4.78 is 0. The van der Waals surface area contributed by atoms with Crippen molar-refractivity contribution in [2.45, 2.75) is 19.9 Å². The molecule has 1 heterocycles. The minimum Gasteiger partial charge on any atom is -0.398 e. The number of nitrogens with two attached hydrogens (primary N) is 1. The largest absolute Gasteiger partial charge is 0.398 e. The summed E-state index contributed by atoms with van der Waals surface area (Å²) in [5.41, 5.74) is 9.77. The predicted octanol–water partition coefficient (Wildman–Crippen LogP) is 3.49. The van der Waals surface area contributed by atoms with Crippen LogP contribution in [0, 0.1) is 28.4 Å². The first-order valence-electron chi connectivity index (χ1n) is 8.99. The van der Waals surface area contributed by atoms with Gasteiger partial charge in [-0.15, -0.1) is 12.4 Å². The van der Waals surface area contributed by atoms with E-state index < -0.39 is 0 Å². The molecule has 28 heavy (non-hydrogen) atoms. The van der Waals surface area contributed by atoms with E-state index in [1.54, 1.807) is 25.1 Å². The molecule has 0 radical (unpaired) electrons. The second-order valence-electron chi connectivity index (χ2n) is 6.88. The maximum atomic E-state index is 11.5. The maximum Gasteiger partial charge on any atom is 0.292 e. The molecule has 0 saturated carbocycles. The molecular weight excluding hydrogens is 378 g/mol. The van der Waals surface area contributed by atoms with Crippen LogP contribution in [0.2, 0.25) is 0 Å². The van der Waals surface area contributed by atoms with Gasteiger partial charge in [0.15, 0.2) is 0 Å². The molecular formula is C20H24ClN5O2. The molecule has 7 nitrogen and oxygen atoms in total. The quantitative estimate of drug-likeness (QED) is 0.478. The molecule has 0 atom stereocenters. The molecule has 1 aliphatic heterocycles. The summed E-state index contributed by atoms with van der Waals surface area (Å²) in [7, 11) is 0. The van der Waals surface area contributed by atoms with E-state index in [9.17, 15) is 10.1 Å². The van der Waals surface area contributed by atoms with Crippen LogP contribution in [0.3, 0.4) is 0 Å². The molecule has 0 amide bonds. The van der Waals surface area contributed by atoms with Gasteiger partial charge < -0.3 is 10.6 Å². The normalized spacial score (nSPS) is 14.6. The molecule has 2 aromatic rings. The average molecular weight is 402 g/mol. The summed E-state index contributed by atoms with van der Waals surface area (Å²) in [6.07, 6.45) is 0.906. The Kier molecular flexibility index (Phi) is 7.21. The van der Waals surface area contributed by atoms with Crippen LogP contribution in [-0.2, 0) is 6.54 Å². The molecule has 2 N–H and O–H groups in total. The van der Waals surface area contributed by atoms with Crippen LogP contribution in [0.15, 0.2) is 36.4 Å². The van der Waals surface area contributed by atoms with E-state index >= 15 is 0 Å². The van der Waals surface area contributed by atoms with Crippen LogP contribution in [0.4, 0.5) is 17.1 Å². The van der Waals surface area contributed by atoms with Crippen LogP contribution in [0.25, 0.3) is 0 Å². The summed E-state index contributed by atoms with van der Waals surface area (Å²) in [5.74, 6) is 0. The van der Waals surface area contributed by atoms with Crippen molar-refractivity contribution in [2.24, 2.45) is 0 Å². The summed E-state index contributed by atoms with van der Waals surface area (Å²) >= 11 is 0. The first-order chi connectivity index (χ1) is 13.0. The number of halogens is 1. The number of nitrogen functional groups attached to an aromatic ring is 1. The third-order valence-electron chi connectivity index (χ3n) is 4.95. The first kappa shape index (κ1) is 21.5. The highest BCUT2D eigenvalue weighted by atomic mass is 35.5. The van der Waals surface area contributed by atoms with Gasteiger partial charge in [-0.25, -0.2) is 0 Å². The highest BCUT2D eigenvalue weighted by Gasteiger charge is 2.23. The fourth-order valence-electron chi connectivity index (χ4n) is 3.46. The van der Waals surface area contributed by atoms with E-state index in [1.165, 1.54) is 0 Å². The Balaban J connectivity index is 0.00000280. The summed E-state index contributed by atoms with van der Waals surface area (Å²) in [6.45, 7) is 5.69. The van der Waals surface area contributed by atoms with Crippen molar-refractivity contribution in [3.05, 3.63) is 63.2 Å². The molecule has 1 fully saturated rings. The highest BCUT2D eigenvalue weighted by molar-refractivity contribution is 5.85. The van der Waals surface area contributed by atoms with Gasteiger partial charge >= 0.3 is 0 Å². The van der Waals surface area contributed by atoms with E-state index in [0.29, 0.717) is 23.5 Å². The van der Waals surface area contributed by atoms with Gasteiger partial charge in [0.2, 0.25) is 0 Å². The Morgan fingerprint density at radius 2 is 2.00 bits per heavy atom. The number of nitro groups is 1. The molecule has 1 aliphatic rings. The van der Waals surface area contributed by atoms with Crippen molar-refractivity contribution in [3.63, 3.8) is 0 Å². The van der Waals surface area contributed by atoms with E-state index in [-0.39, 0.29) is 23.0 Å². The third kappa shape index (κ3) is 4.91. The summed E-state index contributed by atoms with van der Waals surface area (Å²) in [5, 5.41) is 20.5. The zero-order valence-corrected chi connectivity index (χ0v) is 16.6. The maximum absolute atomic E-state index is 11.5. The molecule has 0 spiro atoms. The van der Waals surface area contributed by atoms with Crippen LogP contribution in [0.5, 0.6) is 0 Å². The fourth-order valence-corrected chi connectivity index (χ4v) is 3.46. The van der Waals surface area contributed by atoms with E-state index in [0.717, 1.165) is 43.7 Å². The number of nitro benzene ring substituents is 1. The van der Waals surface area contributed by atoms with Crippen molar-refractivity contribution in [1.29, 1.82) is 5.26 Å². The van der Waals surface area contributed by atoms with Crippen LogP contribution >= 0.6 is 12.4 Å². The molecule has 2 aromatic carbocycles. The lowest BCUT2D eigenvalue weighted by molar-refractivity contribution is -0.384. The number of nitrogens with zero attached hydrogens (tertiary/aromatic N) is 4. The predicted molar refractivity (Wildman–Crippen MR) is 113 cm³/mol. The number of anilines is 2. The highest BCUT2D eigenvalue weighted by Crippen LogP contribution is 2.33. The minimum atomic E-state index is -0.335. The standard InChI is InChI=1S/C20H23N5O2.ClH/c1-15-10-20(25(26)27)19(12-18(15)22)24-7-3-6-23(8-9-24)14-17-5-2-4-16(11-17)13-21;/h2,4-5,10-12H,3,6-9,14,22H2,1H3;1H. The smallest absolute Gasteiger partial charge is 0.292 e. The second-order valence-corrected chi connectivity index (χ2v) is 6.88. The first-order valence-corrected chi connectivity index (χ1v) is 8.99. The molecule has 0 aromatic heterocycles. The van der Waals surface area contributed by atoms with Crippen molar-refractivity contribution in [3.8, 4) is 6.07 Å². The Morgan fingerprint density at radius 1 is 1.21 bits per heavy atom. The number of aryl methyl sites for hydroxylation is 1. The molecule has 0 unspecified atom stereocenters. The molecule has 1 saturated heterocycles. The topological polar surface area (TPSA) is 99.4 Å². The Morgan fingerprint density at radius 3 is 2.71 bits per heavy atom. The SMILES string of the molecule is Cc1cc([N+](=O)[O-])c(N2CCCN(Cc3cccc(C#N)c3)CC2)cc1N.Cl. The number of hydrogen-bond acceptors (Lipinski definition) is 6. The minimum absolute atomic E-state index is 0. The lowest BCUT2D eigenvalue weighted by Gasteiger charge is -2.24. The summed E-state index contributed by atoms with van der Waals surface area (Å²) in [6, 6.07) is 13.1. The van der Waals surface area contributed by atoms with Gasteiger partial charge in [-0.05, 0) is 42.7 Å². The van der Waals surface area contributed by atoms with E-state index in [2.05, 4.69) is 15.9 Å². The van der Waals surface area contributed by atoms with Crippen LogP contribution in [-0.4, -0.2) is 36.0 Å². The van der Waals surface area contributed by atoms with Gasteiger partial charge in [0.05, 0.1) is 16.6 Å². The Hall–Kier alpha value is -2.82. The van der Waals surface area contributed by atoms with Crippen molar-refractivity contribution < 1.29 is 4.92 Å². The van der Waals surface area contributed by atoms with Gasteiger partial charge in [0, 0.05) is 44.5 Å². The Labute approximate surface area is 170 Å². The van der Waals surface area contributed by atoms with Gasteiger partial charge in [-0.1, -0.05) is 12.1 Å². The number of nitriles is 1. The summed E-state index contributed by atoms with van der Waals surface area (Å²) in [4.78, 5) is 15.5. The van der Waals surface area contributed by atoms with Gasteiger partial charge in [0.1, 0.15) is 5.69 Å². The molecule has 148 valence electrons. The lowest BCUT2D eigenvalue weighted by atomic mass is 10.1. The monoisotopic (exact) mass is 401 g/mol. The number of rotatable bonds is 4. The second kappa shape index (κ2) is 9.40. The number of hydrogen-bond donors (Lipinski definition) is 1. The van der Waals surface area contributed by atoms with Crippen molar-refractivity contribution in [2.75, 3.05) is 36.8 Å². The van der Waals surface area contributed by atoms with Gasteiger partial charge in [-0.2, -0.15) is 5.26 Å². The van der Waals surface area contributed by atoms with Crippen LogP contribution in [0.1, 0.15) is 23.1 Å². The molecule has 0 aliphatic carbocycles. The average Bonchev–Trinajstić information content (AvgIpc) is 2.89. The zero-order chi connectivity index (χ0) is 19.4. The third-order valence-corrected chi connectivity index (χ3v) is 4.95. The van der Waals surface area contributed by atoms with Crippen LogP contribution < -0.4 is 10.6 Å².